The summed E-state index contributed by atoms with van der Waals surface area (Å²) in [7, 11) is 0. The molecule has 14 heavy (non-hydrogen) atoms. The molecule has 0 atom stereocenters. The standard InChI is InChI=1S/C11H7N3/c1-2-8-3-4-9-6-13-14-7-10(9)11(8)12-5-1/h1-7H. The third-order valence-corrected chi connectivity index (χ3v) is 2.30. The Morgan fingerprint density at radius 2 is 1.71 bits per heavy atom. The van der Waals surface area contributed by atoms with E-state index in [-0.39, 0.29) is 0 Å². The average molecular weight is 181 g/mol. The van der Waals surface area contributed by atoms with Crippen molar-refractivity contribution in [2.45, 2.75) is 0 Å². The highest BCUT2D eigenvalue weighted by Gasteiger charge is 1.99. The second-order valence-corrected chi connectivity index (χ2v) is 3.13. The maximum atomic E-state index is 4.34. The minimum Gasteiger partial charge on any atom is -0.256 e. The van der Waals surface area contributed by atoms with E-state index in [2.05, 4.69) is 15.2 Å². The van der Waals surface area contributed by atoms with Gasteiger partial charge in [0.05, 0.1) is 17.9 Å². The lowest BCUT2D eigenvalue weighted by Gasteiger charge is -2.00. The Bertz CT molecular complexity index is 550. The van der Waals surface area contributed by atoms with Crippen molar-refractivity contribution in [1.29, 1.82) is 0 Å². The fraction of sp³-hybridized carbons (Fsp3) is 0. The number of pyridine rings is 1. The molecule has 0 spiro atoms. The van der Waals surface area contributed by atoms with Gasteiger partial charge in [-0.25, -0.2) is 0 Å². The monoisotopic (exact) mass is 181 g/mol. The third-order valence-electron chi connectivity index (χ3n) is 2.30. The van der Waals surface area contributed by atoms with Gasteiger partial charge in [-0.1, -0.05) is 18.2 Å². The van der Waals surface area contributed by atoms with E-state index < -0.39 is 0 Å². The van der Waals surface area contributed by atoms with Crippen LogP contribution < -0.4 is 0 Å². The molecule has 0 aliphatic carbocycles. The Kier molecular flexibility index (Phi) is 1.44. The summed E-state index contributed by atoms with van der Waals surface area (Å²) < 4.78 is 0. The lowest BCUT2D eigenvalue weighted by Crippen LogP contribution is -1.84. The molecule has 0 fully saturated rings. The Labute approximate surface area is 80.4 Å². The highest BCUT2D eigenvalue weighted by atomic mass is 15.1. The van der Waals surface area contributed by atoms with Crippen LogP contribution in [0.25, 0.3) is 21.7 Å². The summed E-state index contributed by atoms with van der Waals surface area (Å²) in [6, 6.07) is 8.06. The Morgan fingerprint density at radius 3 is 2.71 bits per heavy atom. The average Bonchev–Trinajstić information content (AvgIpc) is 2.29. The summed E-state index contributed by atoms with van der Waals surface area (Å²) in [5, 5.41) is 11.0. The maximum absolute atomic E-state index is 4.34. The maximum Gasteiger partial charge on any atom is 0.0797 e. The van der Waals surface area contributed by atoms with E-state index in [9.17, 15) is 0 Å². The molecule has 0 radical (unpaired) electrons. The molecule has 0 N–H and O–H groups in total. The van der Waals surface area contributed by atoms with Gasteiger partial charge in [-0.2, -0.15) is 10.2 Å². The van der Waals surface area contributed by atoms with Gasteiger partial charge in [0.1, 0.15) is 0 Å². The Hall–Kier alpha value is -2.03. The number of rotatable bonds is 0. The normalized spacial score (nSPS) is 10.9. The Morgan fingerprint density at radius 1 is 0.857 bits per heavy atom. The van der Waals surface area contributed by atoms with Crippen LogP contribution in [0, 0.1) is 0 Å². The molecule has 0 aliphatic rings. The lowest BCUT2D eigenvalue weighted by atomic mass is 10.1. The Balaban J connectivity index is 2.61. The molecule has 66 valence electrons. The number of hydrogen-bond donors (Lipinski definition) is 0. The van der Waals surface area contributed by atoms with E-state index in [0.29, 0.717) is 0 Å². The largest absolute Gasteiger partial charge is 0.256 e. The van der Waals surface area contributed by atoms with Gasteiger partial charge >= 0.3 is 0 Å². The number of benzene rings is 1. The van der Waals surface area contributed by atoms with E-state index in [1.54, 1.807) is 18.6 Å². The van der Waals surface area contributed by atoms with Crippen molar-refractivity contribution in [3.05, 3.63) is 42.9 Å². The van der Waals surface area contributed by atoms with Crippen molar-refractivity contribution in [3.8, 4) is 0 Å². The molecule has 0 saturated carbocycles. The minimum absolute atomic E-state index is 0.986. The zero-order valence-corrected chi connectivity index (χ0v) is 7.38. The van der Waals surface area contributed by atoms with Gasteiger partial charge in [-0.15, -0.1) is 0 Å². The summed E-state index contributed by atoms with van der Waals surface area (Å²) >= 11 is 0. The molecule has 2 aromatic heterocycles. The van der Waals surface area contributed by atoms with E-state index >= 15 is 0 Å². The predicted octanol–water partition coefficient (Wildman–Crippen LogP) is 2.18. The third kappa shape index (κ3) is 0.956. The molecule has 0 unspecified atom stereocenters. The van der Waals surface area contributed by atoms with Crippen molar-refractivity contribution in [1.82, 2.24) is 15.2 Å². The molecule has 1 aromatic carbocycles. The van der Waals surface area contributed by atoms with Crippen molar-refractivity contribution in [3.63, 3.8) is 0 Å². The van der Waals surface area contributed by atoms with Gasteiger partial charge in [0.25, 0.3) is 0 Å². The second kappa shape index (κ2) is 2.73. The van der Waals surface area contributed by atoms with Crippen LogP contribution in [0.2, 0.25) is 0 Å². The highest BCUT2D eigenvalue weighted by Crippen LogP contribution is 2.21. The van der Waals surface area contributed by atoms with Crippen LogP contribution in [0.5, 0.6) is 0 Å². The van der Waals surface area contributed by atoms with Gasteiger partial charge in [0.15, 0.2) is 0 Å². The quantitative estimate of drug-likeness (QED) is 0.499. The summed E-state index contributed by atoms with van der Waals surface area (Å²) in [6.07, 6.45) is 5.30. The first kappa shape index (κ1) is 7.38. The zero-order chi connectivity index (χ0) is 9.38. The van der Waals surface area contributed by atoms with Crippen molar-refractivity contribution < 1.29 is 0 Å². The SMILES string of the molecule is c1cnc2c(c1)ccc1cnncc12. The van der Waals surface area contributed by atoms with Crippen LogP contribution in [-0.4, -0.2) is 15.2 Å². The lowest BCUT2D eigenvalue weighted by molar-refractivity contribution is 1.05. The van der Waals surface area contributed by atoms with Crippen LogP contribution in [0.3, 0.4) is 0 Å². The predicted molar refractivity (Wildman–Crippen MR) is 54.8 cm³/mol. The molecule has 2 heterocycles. The molecular weight excluding hydrogens is 174 g/mol. The van der Waals surface area contributed by atoms with Crippen LogP contribution in [0.4, 0.5) is 0 Å². The number of fused-ring (bicyclic) bond motifs is 3. The molecule has 3 heteroatoms. The van der Waals surface area contributed by atoms with Gasteiger partial charge in [-0.05, 0) is 6.07 Å². The van der Waals surface area contributed by atoms with E-state index in [1.807, 2.05) is 24.3 Å². The summed E-state index contributed by atoms with van der Waals surface area (Å²) in [5.41, 5.74) is 0.986. The molecule has 0 bridgehead atoms. The van der Waals surface area contributed by atoms with Gasteiger partial charge in [0.2, 0.25) is 0 Å². The molecule has 0 aliphatic heterocycles. The van der Waals surface area contributed by atoms with Gasteiger partial charge in [0, 0.05) is 22.4 Å². The minimum atomic E-state index is 0.986. The first-order valence-corrected chi connectivity index (χ1v) is 4.39. The zero-order valence-electron chi connectivity index (χ0n) is 7.38. The highest BCUT2D eigenvalue weighted by molar-refractivity contribution is 6.04. The van der Waals surface area contributed by atoms with Crippen LogP contribution >= 0.6 is 0 Å². The fourth-order valence-electron chi connectivity index (χ4n) is 1.62. The fourth-order valence-corrected chi connectivity index (χ4v) is 1.62. The smallest absolute Gasteiger partial charge is 0.0797 e. The summed E-state index contributed by atoms with van der Waals surface area (Å²) in [4.78, 5) is 4.34. The summed E-state index contributed by atoms with van der Waals surface area (Å²) in [6.45, 7) is 0. The van der Waals surface area contributed by atoms with E-state index in [0.717, 1.165) is 21.7 Å². The second-order valence-electron chi connectivity index (χ2n) is 3.13. The molecule has 3 aromatic rings. The molecule has 0 saturated heterocycles. The number of nitrogens with zero attached hydrogens (tertiary/aromatic N) is 3. The topological polar surface area (TPSA) is 38.7 Å². The van der Waals surface area contributed by atoms with Gasteiger partial charge < -0.3 is 0 Å². The number of aromatic nitrogens is 3. The molecule has 3 nitrogen and oxygen atoms in total. The summed E-state index contributed by atoms with van der Waals surface area (Å²) in [5.74, 6) is 0. The van der Waals surface area contributed by atoms with Crippen LogP contribution in [0.15, 0.2) is 42.9 Å². The van der Waals surface area contributed by atoms with Crippen molar-refractivity contribution in [2.24, 2.45) is 0 Å². The first-order chi connectivity index (χ1) is 6.95. The van der Waals surface area contributed by atoms with Gasteiger partial charge in [-0.3, -0.25) is 4.98 Å². The first-order valence-electron chi connectivity index (χ1n) is 4.39. The molecule has 0 amide bonds. The number of hydrogen-bond acceptors (Lipinski definition) is 3. The van der Waals surface area contributed by atoms with Crippen LogP contribution in [0.1, 0.15) is 0 Å². The van der Waals surface area contributed by atoms with Crippen LogP contribution in [-0.2, 0) is 0 Å². The van der Waals surface area contributed by atoms with Crippen molar-refractivity contribution >= 4 is 21.7 Å². The molecule has 3 rings (SSSR count). The van der Waals surface area contributed by atoms with E-state index in [1.165, 1.54) is 0 Å². The van der Waals surface area contributed by atoms with Crippen molar-refractivity contribution in [2.75, 3.05) is 0 Å². The molecular formula is C11H7N3. The van der Waals surface area contributed by atoms with E-state index in [4.69, 9.17) is 0 Å².